The Morgan fingerprint density at radius 3 is 1.71 bits per heavy atom. The minimum atomic E-state index is -1.64. The SMILES string of the molecule is CCCCCCCCC(=O)O[C@H](CO)[C@@H](O)C(O)C(=O)CCCCCCCC. The number of Topliss-reactive ketones (excluding diaryl/α,β-unsaturated/α-hetero) is 1. The summed E-state index contributed by atoms with van der Waals surface area (Å²) in [4.78, 5) is 23.9. The highest BCUT2D eigenvalue weighted by Crippen LogP contribution is 2.13. The van der Waals surface area contributed by atoms with Crippen molar-refractivity contribution in [3.05, 3.63) is 0 Å². The molecular formula is C22H42O6. The van der Waals surface area contributed by atoms with Crippen molar-refractivity contribution in [1.29, 1.82) is 0 Å². The van der Waals surface area contributed by atoms with E-state index in [1.54, 1.807) is 0 Å². The summed E-state index contributed by atoms with van der Waals surface area (Å²) in [6, 6.07) is 0. The van der Waals surface area contributed by atoms with E-state index in [4.69, 9.17) is 4.74 Å². The number of ketones is 1. The van der Waals surface area contributed by atoms with Crippen LogP contribution >= 0.6 is 0 Å². The van der Waals surface area contributed by atoms with E-state index in [1.165, 1.54) is 12.8 Å². The summed E-state index contributed by atoms with van der Waals surface area (Å²) >= 11 is 0. The molecule has 0 heterocycles. The predicted molar refractivity (Wildman–Crippen MR) is 110 cm³/mol. The zero-order valence-electron chi connectivity index (χ0n) is 17.9. The third kappa shape index (κ3) is 13.2. The number of rotatable bonds is 19. The summed E-state index contributed by atoms with van der Waals surface area (Å²) in [5.74, 6) is -1.00. The second kappa shape index (κ2) is 18.1. The Morgan fingerprint density at radius 1 is 0.750 bits per heavy atom. The van der Waals surface area contributed by atoms with Gasteiger partial charge in [0.2, 0.25) is 0 Å². The van der Waals surface area contributed by atoms with Crippen molar-refractivity contribution < 1.29 is 29.6 Å². The van der Waals surface area contributed by atoms with Crippen LogP contribution in [0.5, 0.6) is 0 Å². The predicted octanol–water partition coefficient (Wildman–Crippen LogP) is 3.68. The van der Waals surface area contributed by atoms with Gasteiger partial charge in [-0.25, -0.2) is 0 Å². The first kappa shape index (κ1) is 27.0. The largest absolute Gasteiger partial charge is 0.457 e. The molecule has 0 aromatic carbocycles. The van der Waals surface area contributed by atoms with Gasteiger partial charge in [-0.3, -0.25) is 9.59 Å². The monoisotopic (exact) mass is 402 g/mol. The molecule has 0 amide bonds. The first-order valence-corrected chi connectivity index (χ1v) is 11.2. The van der Waals surface area contributed by atoms with Gasteiger partial charge in [0.25, 0.3) is 0 Å². The molecule has 3 N–H and O–H groups in total. The van der Waals surface area contributed by atoms with Gasteiger partial charge in [0.15, 0.2) is 11.9 Å². The Morgan fingerprint density at radius 2 is 1.21 bits per heavy atom. The smallest absolute Gasteiger partial charge is 0.306 e. The van der Waals surface area contributed by atoms with Crippen LogP contribution in [0.4, 0.5) is 0 Å². The number of unbranched alkanes of at least 4 members (excludes halogenated alkanes) is 10. The lowest BCUT2D eigenvalue weighted by Gasteiger charge is -2.24. The van der Waals surface area contributed by atoms with Crippen molar-refractivity contribution >= 4 is 11.8 Å². The van der Waals surface area contributed by atoms with Crippen LogP contribution < -0.4 is 0 Å². The topological polar surface area (TPSA) is 104 Å². The van der Waals surface area contributed by atoms with Crippen molar-refractivity contribution in [3.63, 3.8) is 0 Å². The number of ether oxygens (including phenoxy) is 1. The van der Waals surface area contributed by atoms with E-state index in [0.717, 1.165) is 51.4 Å². The van der Waals surface area contributed by atoms with Crippen LogP contribution in [0.15, 0.2) is 0 Å². The van der Waals surface area contributed by atoms with Crippen LogP contribution in [0.2, 0.25) is 0 Å². The van der Waals surface area contributed by atoms with Gasteiger partial charge in [-0.2, -0.15) is 0 Å². The number of carbonyl (C=O) groups is 2. The lowest BCUT2D eigenvalue weighted by Crippen LogP contribution is -2.46. The fourth-order valence-electron chi connectivity index (χ4n) is 3.11. The number of hydrogen-bond donors (Lipinski definition) is 3. The molecular weight excluding hydrogens is 360 g/mol. The molecule has 6 heteroatoms. The lowest BCUT2D eigenvalue weighted by atomic mass is 9.99. The molecule has 28 heavy (non-hydrogen) atoms. The van der Waals surface area contributed by atoms with Crippen LogP contribution in [0, 0.1) is 0 Å². The molecule has 0 fully saturated rings. The van der Waals surface area contributed by atoms with Gasteiger partial charge >= 0.3 is 5.97 Å². The van der Waals surface area contributed by atoms with Crippen LogP contribution in [-0.4, -0.2) is 52.0 Å². The molecule has 0 aromatic rings. The Labute approximate surface area is 170 Å². The number of aliphatic hydroxyl groups is 3. The van der Waals surface area contributed by atoms with Gasteiger partial charge < -0.3 is 20.1 Å². The number of hydrogen-bond acceptors (Lipinski definition) is 6. The van der Waals surface area contributed by atoms with Gasteiger partial charge in [0, 0.05) is 12.8 Å². The standard InChI is InChI=1S/C22H42O6/c1-3-5-7-9-11-13-15-18(24)21(26)22(27)19(17-23)28-20(25)16-14-12-10-8-6-4-2/h19,21-23,26-27H,3-17H2,1-2H3/t19-,21?,22-/m1/s1. The maximum atomic E-state index is 12.0. The molecule has 0 radical (unpaired) electrons. The molecule has 0 saturated heterocycles. The van der Waals surface area contributed by atoms with Gasteiger partial charge in [-0.05, 0) is 12.8 Å². The van der Waals surface area contributed by atoms with E-state index in [1.807, 2.05) is 0 Å². The number of esters is 1. The Hall–Kier alpha value is -0.980. The molecule has 0 aliphatic rings. The lowest BCUT2D eigenvalue weighted by molar-refractivity contribution is -0.167. The third-order valence-electron chi connectivity index (χ3n) is 5.01. The second-order valence-electron chi connectivity index (χ2n) is 7.65. The van der Waals surface area contributed by atoms with E-state index in [9.17, 15) is 24.9 Å². The quantitative estimate of drug-likeness (QED) is 0.225. The fourth-order valence-corrected chi connectivity index (χ4v) is 3.11. The van der Waals surface area contributed by atoms with Crippen molar-refractivity contribution in [2.24, 2.45) is 0 Å². The highest BCUT2D eigenvalue weighted by atomic mass is 16.6. The van der Waals surface area contributed by atoms with Crippen LogP contribution in [0.3, 0.4) is 0 Å². The molecule has 1 unspecified atom stereocenters. The van der Waals surface area contributed by atoms with Crippen molar-refractivity contribution in [3.8, 4) is 0 Å². The highest BCUT2D eigenvalue weighted by Gasteiger charge is 2.32. The van der Waals surface area contributed by atoms with E-state index in [2.05, 4.69) is 13.8 Å². The maximum Gasteiger partial charge on any atom is 0.306 e. The van der Waals surface area contributed by atoms with Crippen molar-refractivity contribution in [2.45, 2.75) is 122 Å². The van der Waals surface area contributed by atoms with Gasteiger partial charge in [0.1, 0.15) is 12.2 Å². The average molecular weight is 403 g/mol. The summed E-state index contributed by atoms with van der Waals surface area (Å²) in [6.45, 7) is 3.65. The van der Waals surface area contributed by atoms with Gasteiger partial charge in [-0.1, -0.05) is 78.1 Å². The average Bonchev–Trinajstić information content (AvgIpc) is 2.70. The van der Waals surface area contributed by atoms with Crippen LogP contribution in [-0.2, 0) is 14.3 Å². The summed E-state index contributed by atoms with van der Waals surface area (Å²) in [7, 11) is 0. The molecule has 166 valence electrons. The summed E-state index contributed by atoms with van der Waals surface area (Å²) in [6.07, 6.45) is 8.13. The molecule has 0 aliphatic carbocycles. The third-order valence-corrected chi connectivity index (χ3v) is 5.01. The van der Waals surface area contributed by atoms with E-state index >= 15 is 0 Å². The fraction of sp³-hybridized carbons (Fsp3) is 0.909. The minimum absolute atomic E-state index is 0.175. The molecule has 0 saturated carbocycles. The molecule has 0 spiro atoms. The number of aliphatic hydroxyl groups excluding tert-OH is 3. The molecule has 0 aromatic heterocycles. The van der Waals surface area contributed by atoms with Crippen molar-refractivity contribution in [2.75, 3.05) is 6.61 Å². The Bertz CT molecular complexity index is 398. The van der Waals surface area contributed by atoms with Gasteiger partial charge in [0.05, 0.1) is 6.61 Å². The first-order chi connectivity index (χ1) is 13.5. The van der Waals surface area contributed by atoms with Gasteiger partial charge in [-0.15, -0.1) is 0 Å². The zero-order valence-corrected chi connectivity index (χ0v) is 17.9. The normalized spacial score (nSPS) is 14.5. The Kier molecular flexibility index (Phi) is 17.4. The highest BCUT2D eigenvalue weighted by molar-refractivity contribution is 5.83. The van der Waals surface area contributed by atoms with E-state index in [0.29, 0.717) is 12.8 Å². The van der Waals surface area contributed by atoms with E-state index in [-0.39, 0.29) is 12.8 Å². The van der Waals surface area contributed by atoms with Crippen LogP contribution in [0.1, 0.15) is 104 Å². The minimum Gasteiger partial charge on any atom is -0.457 e. The summed E-state index contributed by atoms with van der Waals surface area (Å²) in [5, 5.41) is 29.5. The maximum absolute atomic E-state index is 12.0. The molecule has 0 rings (SSSR count). The summed E-state index contributed by atoms with van der Waals surface area (Å²) in [5.41, 5.74) is 0. The molecule has 6 nitrogen and oxygen atoms in total. The molecule has 0 bridgehead atoms. The zero-order chi connectivity index (χ0) is 21.2. The Balaban J connectivity index is 4.13. The molecule has 0 aliphatic heterocycles. The van der Waals surface area contributed by atoms with E-state index < -0.39 is 36.7 Å². The van der Waals surface area contributed by atoms with Crippen LogP contribution in [0.25, 0.3) is 0 Å². The number of carbonyl (C=O) groups excluding carboxylic acids is 2. The first-order valence-electron chi connectivity index (χ1n) is 11.2. The van der Waals surface area contributed by atoms with Crippen molar-refractivity contribution in [1.82, 2.24) is 0 Å². The second-order valence-corrected chi connectivity index (χ2v) is 7.65. The molecule has 3 atom stereocenters. The summed E-state index contributed by atoms with van der Waals surface area (Å²) < 4.78 is 5.08.